The van der Waals surface area contributed by atoms with Crippen molar-refractivity contribution in [2.45, 2.75) is 31.1 Å². The first-order valence-electron chi connectivity index (χ1n) is 11.6. The number of anilines is 2. The predicted molar refractivity (Wildman–Crippen MR) is 148 cm³/mol. The lowest BCUT2D eigenvalue weighted by molar-refractivity contribution is 0.0474. The maximum absolute atomic E-state index is 13.1. The number of carbonyl (C=O) groups is 2. The molecule has 0 aliphatic rings. The molecule has 208 valence electrons. The number of halogens is 2. The van der Waals surface area contributed by atoms with Gasteiger partial charge < -0.3 is 10.5 Å². The molecule has 2 aromatic carbocycles. The third-order valence-corrected chi connectivity index (χ3v) is 8.04. The van der Waals surface area contributed by atoms with Gasteiger partial charge in [-0.2, -0.15) is 0 Å². The molecule has 0 saturated heterocycles. The highest BCUT2D eigenvalue weighted by atomic mass is 35.5. The molecule has 11 nitrogen and oxygen atoms in total. The Morgan fingerprint density at radius 3 is 2.28 bits per heavy atom. The molecule has 0 spiro atoms. The molecule has 0 amide bonds. The number of unbranched alkanes of at least 4 members (excludes halogenated alkanes) is 1. The first kappa shape index (κ1) is 29.9. The fourth-order valence-electron chi connectivity index (χ4n) is 3.62. The van der Waals surface area contributed by atoms with Crippen LogP contribution < -0.4 is 21.7 Å². The quantitative estimate of drug-likeness (QED) is 0.266. The monoisotopic (exact) mass is 596 g/mol. The molecule has 0 fully saturated rings. The van der Waals surface area contributed by atoms with Gasteiger partial charge in [-0.05, 0) is 42.7 Å². The standard InChI is InChI=1S/C25H26Cl2N4O7S/c1-4-5-6-14-7-9-15(10-8-14)29-39(36,37)20-11-16(17(26)12-18(20)27)24(34)38-13-19(32)21-22(28)30(2)25(35)31(3)23(21)33/h7-12,29H,4-6,13,28H2,1-3H3. The number of ether oxygens (including phenoxy) is 1. The number of benzene rings is 2. The van der Waals surface area contributed by atoms with E-state index in [-0.39, 0.29) is 21.3 Å². The molecule has 1 heterocycles. The van der Waals surface area contributed by atoms with E-state index in [2.05, 4.69) is 11.6 Å². The van der Waals surface area contributed by atoms with Gasteiger partial charge in [0.15, 0.2) is 6.61 Å². The topological polar surface area (TPSA) is 160 Å². The zero-order chi connectivity index (χ0) is 29.1. The molecular formula is C25H26Cl2N4O7S. The average Bonchev–Trinajstić information content (AvgIpc) is 2.88. The van der Waals surface area contributed by atoms with Crippen molar-refractivity contribution in [2.75, 3.05) is 17.1 Å². The summed E-state index contributed by atoms with van der Waals surface area (Å²) in [5.41, 5.74) is 4.47. The Balaban J connectivity index is 1.83. The Bertz CT molecular complexity index is 1660. The molecular weight excluding hydrogens is 571 g/mol. The molecule has 0 saturated carbocycles. The molecule has 3 rings (SSSR count). The molecule has 14 heteroatoms. The van der Waals surface area contributed by atoms with Gasteiger partial charge in [0, 0.05) is 19.8 Å². The summed E-state index contributed by atoms with van der Waals surface area (Å²) in [4.78, 5) is 49.3. The van der Waals surface area contributed by atoms with Gasteiger partial charge >= 0.3 is 11.7 Å². The highest BCUT2D eigenvalue weighted by molar-refractivity contribution is 7.92. The number of esters is 1. The third-order valence-electron chi connectivity index (χ3n) is 5.88. The summed E-state index contributed by atoms with van der Waals surface area (Å²) in [5.74, 6) is -2.52. The number of aromatic nitrogens is 2. The van der Waals surface area contributed by atoms with Crippen molar-refractivity contribution in [2.24, 2.45) is 14.1 Å². The number of nitrogen functional groups attached to an aromatic ring is 1. The van der Waals surface area contributed by atoms with Gasteiger partial charge in [0.1, 0.15) is 16.3 Å². The number of nitrogens with one attached hydrogen (secondary N) is 1. The fraction of sp³-hybridized carbons (Fsp3) is 0.280. The zero-order valence-corrected chi connectivity index (χ0v) is 23.6. The minimum atomic E-state index is -4.25. The summed E-state index contributed by atoms with van der Waals surface area (Å²) in [6.07, 6.45) is 2.90. The minimum absolute atomic E-state index is 0.228. The Kier molecular flexibility index (Phi) is 9.26. The number of hydrogen-bond acceptors (Lipinski definition) is 8. The Morgan fingerprint density at radius 2 is 1.67 bits per heavy atom. The number of nitrogens with two attached hydrogens (primary N) is 1. The third kappa shape index (κ3) is 6.52. The number of ketones is 1. The highest BCUT2D eigenvalue weighted by Crippen LogP contribution is 2.30. The van der Waals surface area contributed by atoms with Gasteiger partial charge in [0.05, 0.1) is 15.6 Å². The van der Waals surface area contributed by atoms with Gasteiger partial charge in [-0.3, -0.25) is 23.4 Å². The molecule has 0 atom stereocenters. The van der Waals surface area contributed by atoms with Crippen LogP contribution in [0.5, 0.6) is 0 Å². The lowest BCUT2D eigenvalue weighted by atomic mass is 10.1. The average molecular weight is 597 g/mol. The maximum atomic E-state index is 13.1. The van der Waals surface area contributed by atoms with Crippen molar-refractivity contribution in [1.82, 2.24) is 9.13 Å². The zero-order valence-electron chi connectivity index (χ0n) is 21.3. The summed E-state index contributed by atoms with van der Waals surface area (Å²) >= 11 is 12.2. The van der Waals surface area contributed by atoms with Crippen LogP contribution in [-0.2, 0) is 35.3 Å². The van der Waals surface area contributed by atoms with Gasteiger partial charge in [0.2, 0.25) is 5.78 Å². The van der Waals surface area contributed by atoms with Gasteiger partial charge in [0.25, 0.3) is 15.6 Å². The van der Waals surface area contributed by atoms with Gasteiger partial charge in [-0.1, -0.05) is 48.7 Å². The summed E-state index contributed by atoms with van der Waals surface area (Å²) in [7, 11) is -1.82. The molecule has 3 N–H and O–H groups in total. The number of nitrogens with zero attached hydrogens (tertiary/aromatic N) is 2. The molecule has 0 radical (unpaired) electrons. The Labute approximate surface area is 234 Å². The van der Waals surface area contributed by atoms with E-state index < -0.39 is 55.9 Å². The van der Waals surface area contributed by atoms with Crippen molar-refractivity contribution in [3.05, 3.63) is 84.0 Å². The van der Waals surface area contributed by atoms with Crippen LogP contribution in [0.3, 0.4) is 0 Å². The second kappa shape index (κ2) is 12.1. The van der Waals surface area contributed by atoms with Crippen molar-refractivity contribution in [1.29, 1.82) is 0 Å². The van der Waals surface area contributed by atoms with E-state index in [1.165, 1.54) is 7.05 Å². The normalized spacial score (nSPS) is 11.3. The molecule has 0 unspecified atom stereocenters. The molecule has 0 aliphatic heterocycles. The Hall–Kier alpha value is -3.61. The van der Waals surface area contributed by atoms with Crippen molar-refractivity contribution in [3.63, 3.8) is 0 Å². The second-order valence-corrected chi connectivity index (χ2v) is 11.1. The largest absolute Gasteiger partial charge is 0.454 e. The van der Waals surface area contributed by atoms with Crippen LogP contribution >= 0.6 is 23.2 Å². The summed E-state index contributed by atoms with van der Waals surface area (Å²) in [6.45, 7) is 1.15. The summed E-state index contributed by atoms with van der Waals surface area (Å²) in [5, 5.41) is -0.477. The number of rotatable bonds is 10. The van der Waals surface area contributed by atoms with Crippen molar-refractivity contribution >= 4 is 56.5 Å². The lowest BCUT2D eigenvalue weighted by Crippen LogP contribution is -2.42. The smallest absolute Gasteiger partial charge is 0.340 e. The van der Waals surface area contributed by atoms with E-state index in [0.717, 1.165) is 48.6 Å². The van der Waals surface area contributed by atoms with Gasteiger partial charge in [-0.25, -0.2) is 18.0 Å². The molecule has 1 aromatic heterocycles. The second-order valence-electron chi connectivity index (χ2n) is 8.63. The van der Waals surface area contributed by atoms with Crippen LogP contribution in [0.4, 0.5) is 11.5 Å². The van der Waals surface area contributed by atoms with Crippen molar-refractivity contribution < 1.29 is 22.7 Å². The number of aryl methyl sites for hydroxylation is 1. The first-order chi connectivity index (χ1) is 18.3. The van der Waals surface area contributed by atoms with E-state index >= 15 is 0 Å². The van der Waals surface area contributed by atoms with Crippen LogP contribution in [0.1, 0.15) is 46.0 Å². The van der Waals surface area contributed by atoms with E-state index in [1.807, 2.05) is 12.1 Å². The minimum Gasteiger partial charge on any atom is -0.454 e. The predicted octanol–water partition coefficient (Wildman–Crippen LogP) is 3.16. The molecule has 3 aromatic rings. The van der Waals surface area contributed by atoms with E-state index in [1.54, 1.807) is 12.1 Å². The van der Waals surface area contributed by atoms with Crippen LogP contribution in [0.25, 0.3) is 0 Å². The fourth-order valence-corrected chi connectivity index (χ4v) is 5.53. The maximum Gasteiger partial charge on any atom is 0.340 e. The molecule has 39 heavy (non-hydrogen) atoms. The molecule has 0 bridgehead atoms. The lowest BCUT2D eigenvalue weighted by Gasteiger charge is -2.13. The highest BCUT2D eigenvalue weighted by Gasteiger charge is 2.26. The number of Topliss-reactive ketones (excluding diaryl/α,β-unsaturated/α-hetero) is 1. The molecule has 0 aliphatic carbocycles. The van der Waals surface area contributed by atoms with Crippen molar-refractivity contribution in [3.8, 4) is 0 Å². The van der Waals surface area contributed by atoms with Crippen LogP contribution in [0, 0.1) is 0 Å². The van der Waals surface area contributed by atoms with Crippen LogP contribution in [-0.4, -0.2) is 35.9 Å². The summed E-state index contributed by atoms with van der Waals surface area (Å²) < 4.78 is 35.1. The van der Waals surface area contributed by atoms with E-state index in [9.17, 15) is 27.6 Å². The number of sulfonamides is 1. The number of hydrogen-bond donors (Lipinski definition) is 2. The van der Waals surface area contributed by atoms with Gasteiger partial charge in [-0.15, -0.1) is 0 Å². The van der Waals surface area contributed by atoms with Crippen LogP contribution in [0.2, 0.25) is 10.0 Å². The SMILES string of the molecule is CCCCc1ccc(NS(=O)(=O)c2cc(C(=O)OCC(=O)c3c(N)n(C)c(=O)n(C)c3=O)c(Cl)cc2Cl)cc1. The summed E-state index contributed by atoms with van der Waals surface area (Å²) in [6, 6.07) is 8.83. The Morgan fingerprint density at radius 1 is 1.03 bits per heavy atom. The van der Waals surface area contributed by atoms with E-state index in [4.69, 9.17) is 33.7 Å². The van der Waals surface area contributed by atoms with E-state index in [0.29, 0.717) is 4.57 Å². The van der Waals surface area contributed by atoms with Crippen LogP contribution in [0.15, 0.2) is 50.9 Å². The number of carbonyl (C=O) groups excluding carboxylic acids is 2. The first-order valence-corrected chi connectivity index (χ1v) is 13.9.